The minimum atomic E-state index is -0.461. The number of hydrogen-bond donors (Lipinski definition) is 2. The number of ether oxygens (including phenoxy) is 1. The zero-order valence-electron chi connectivity index (χ0n) is 23.5. The summed E-state index contributed by atoms with van der Waals surface area (Å²) in [4.78, 5) is 34.3. The normalized spacial score (nSPS) is 20.6. The SMILES string of the molecule is Cc1noc(C)c1NC(=O)N(C)C[C@H]1Oc2ncc(C#CC3CCCCC3)cc2C(=O)N([C@H](C)CO)C[C@@H]1C. The molecule has 4 rings (SSSR count). The van der Waals surface area contributed by atoms with Gasteiger partial charge in [-0.3, -0.25) is 4.79 Å². The molecule has 3 atom stereocenters. The predicted molar refractivity (Wildman–Crippen MR) is 146 cm³/mol. The number of anilines is 1. The van der Waals surface area contributed by atoms with E-state index in [1.54, 1.807) is 38.1 Å². The number of likely N-dealkylation sites (N-methyl/N-ethyl adjacent to an activating group) is 1. The number of rotatable bonds is 5. The van der Waals surface area contributed by atoms with Crippen LogP contribution in [0.2, 0.25) is 0 Å². The van der Waals surface area contributed by atoms with E-state index in [-0.39, 0.29) is 36.9 Å². The highest BCUT2D eigenvalue weighted by Gasteiger charge is 2.35. The zero-order valence-corrected chi connectivity index (χ0v) is 23.5. The van der Waals surface area contributed by atoms with E-state index in [1.165, 1.54) is 24.2 Å². The molecule has 210 valence electrons. The van der Waals surface area contributed by atoms with Crippen LogP contribution in [0.1, 0.15) is 73.3 Å². The van der Waals surface area contributed by atoms with Crippen LogP contribution in [0.25, 0.3) is 0 Å². The van der Waals surface area contributed by atoms with Gasteiger partial charge in [0.1, 0.15) is 23.0 Å². The second-order valence-electron chi connectivity index (χ2n) is 10.8. The number of urea groups is 1. The van der Waals surface area contributed by atoms with Gasteiger partial charge in [-0.05, 0) is 39.7 Å². The van der Waals surface area contributed by atoms with Gasteiger partial charge in [0.05, 0.1) is 19.2 Å². The summed E-state index contributed by atoms with van der Waals surface area (Å²) < 4.78 is 11.5. The molecule has 0 spiro atoms. The quantitative estimate of drug-likeness (QED) is 0.553. The molecule has 2 aliphatic rings. The summed E-state index contributed by atoms with van der Waals surface area (Å²) in [6.07, 6.45) is 7.05. The molecule has 1 fully saturated rings. The van der Waals surface area contributed by atoms with Crippen LogP contribution >= 0.6 is 0 Å². The largest absolute Gasteiger partial charge is 0.472 e. The van der Waals surface area contributed by atoms with Gasteiger partial charge in [-0.2, -0.15) is 0 Å². The van der Waals surface area contributed by atoms with Crippen molar-refractivity contribution in [2.24, 2.45) is 11.8 Å². The molecule has 0 radical (unpaired) electrons. The minimum Gasteiger partial charge on any atom is -0.472 e. The first-order valence-corrected chi connectivity index (χ1v) is 13.7. The molecule has 2 aromatic rings. The van der Waals surface area contributed by atoms with Crippen molar-refractivity contribution in [3.05, 3.63) is 34.8 Å². The van der Waals surface area contributed by atoms with Gasteiger partial charge in [0.25, 0.3) is 5.91 Å². The Morgan fingerprint density at radius 3 is 2.72 bits per heavy atom. The molecule has 0 bridgehead atoms. The van der Waals surface area contributed by atoms with E-state index in [4.69, 9.17) is 9.26 Å². The molecule has 1 saturated carbocycles. The van der Waals surface area contributed by atoms with Crippen molar-refractivity contribution in [1.82, 2.24) is 19.9 Å². The lowest BCUT2D eigenvalue weighted by Gasteiger charge is -2.37. The summed E-state index contributed by atoms with van der Waals surface area (Å²) in [5.41, 5.74) is 2.11. The maximum atomic E-state index is 13.6. The van der Waals surface area contributed by atoms with Crippen molar-refractivity contribution < 1.29 is 24.0 Å². The van der Waals surface area contributed by atoms with E-state index in [9.17, 15) is 14.7 Å². The molecule has 3 amide bonds. The molecule has 3 heterocycles. The summed E-state index contributed by atoms with van der Waals surface area (Å²) in [5, 5.41) is 16.6. The lowest BCUT2D eigenvalue weighted by Crippen LogP contribution is -2.50. The summed E-state index contributed by atoms with van der Waals surface area (Å²) in [5.74, 6) is 7.26. The molecular formula is C29H39N5O5. The third-order valence-electron chi connectivity index (χ3n) is 7.61. The van der Waals surface area contributed by atoms with Crippen LogP contribution < -0.4 is 10.1 Å². The molecule has 1 aliphatic heterocycles. The van der Waals surface area contributed by atoms with Gasteiger partial charge in [-0.25, -0.2) is 9.78 Å². The summed E-state index contributed by atoms with van der Waals surface area (Å²) in [7, 11) is 1.68. The number of nitrogens with one attached hydrogen (secondary N) is 1. The van der Waals surface area contributed by atoms with Crippen molar-refractivity contribution in [2.45, 2.75) is 71.9 Å². The first-order chi connectivity index (χ1) is 18.7. The highest BCUT2D eigenvalue weighted by Crippen LogP contribution is 2.28. The van der Waals surface area contributed by atoms with Gasteiger partial charge in [-0.1, -0.05) is 43.2 Å². The van der Waals surface area contributed by atoms with E-state index in [1.807, 2.05) is 13.8 Å². The van der Waals surface area contributed by atoms with Gasteiger partial charge in [-0.15, -0.1) is 0 Å². The highest BCUT2D eigenvalue weighted by molar-refractivity contribution is 5.97. The van der Waals surface area contributed by atoms with Crippen LogP contribution in [0.15, 0.2) is 16.8 Å². The minimum absolute atomic E-state index is 0.155. The lowest BCUT2D eigenvalue weighted by molar-refractivity contribution is 0.0356. The molecule has 39 heavy (non-hydrogen) atoms. The van der Waals surface area contributed by atoms with Gasteiger partial charge in [0, 0.05) is 37.2 Å². The average molecular weight is 538 g/mol. The Balaban J connectivity index is 1.58. The number of pyridine rings is 1. The smallest absolute Gasteiger partial charge is 0.321 e. The van der Waals surface area contributed by atoms with Crippen LogP contribution in [-0.2, 0) is 0 Å². The maximum Gasteiger partial charge on any atom is 0.321 e. The van der Waals surface area contributed by atoms with Gasteiger partial charge < -0.3 is 29.5 Å². The van der Waals surface area contributed by atoms with Crippen molar-refractivity contribution in [3.63, 3.8) is 0 Å². The van der Waals surface area contributed by atoms with Crippen LogP contribution in [0.4, 0.5) is 10.5 Å². The average Bonchev–Trinajstić information content (AvgIpc) is 3.25. The van der Waals surface area contributed by atoms with Gasteiger partial charge in [0.15, 0.2) is 5.76 Å². The molecule has 0 unspecified atom stereocenters. The molecule has 10 heteroatoms. The monoisotopic (exact) mass is 537 g/mol. The number of fused-ring (bicyclic) bond motifs is 1. The Morgan fingerprint density at radius 2 is 2.05 bits per heavy atom. The van der Waals surface area contributed by atoms with Crippen LogP contribution in [0.3, 0.4) is 0 Å². The number of amides is 3. The first kappa shape index (κ1) is 28.4. The molecular weight excluding hydrogens is 498 g/mol. The molecule has 2 aromatic heterocycles. The van der Waals surface area contributed by atoms with Crippen molar-refractivity contribution >= 4 is 17.6 Å². The standard InChI is InChI=1S/C29H39N5O5/c1-18-15-34(19(2)17-35)28(36)24-13-23(12-11-22-9-7-6-8-10-22)14-30-27(24)38-25(18)16-33(5)29(37)31-26-20(3)32-39-21(26)4/h13-14,18-19,22,25,35H,6-10,15-17H2,1-5H3,(H,31,37)/t18-,19+,25+/m0/s1. The third kappa shape index (κ3) is 6.71. The number of carbonyl (C=O) groups excluding carboxylic acids is 2. The van der Waals surface area contributed by atoms with Gasteiger partial charge in [0.2, 0.25) is 5.88 Å². The van der Waals surface area contributed by atoms with Crippen molar-refractivity contribution in [1.29, 1.82) is 0 Å². The molecule has 0 aromatic carbocycles. The van der Waals surface area contributed by atoms with Crippen molar-refractivity contribution in [2.75, 3.05) is 32.1 Å². The van der Waals surface area contributed by atoms with E-state index in [0.29, 0.717) is 40.7 Å². The molecule has 0 saturated heterocycles. The van der Waals surface area contributed by atoms with Crippen LogP contribution in [-0.4, -0.2) is 75.9 Å². The Labute approximate surface area is 230 Å². The second-order valence-corrected chi connectivity index (χ2v) is 10.8. The summed E-state index contributed by atoms with van der Waals surface area (Å²) in [6.45, 7) is 7.69. The second kappa shape index (κ2) is 12.5. The Kier molecular flexibility index (Phi) is 9.12. The van der Waals surface area contributed by atoms with Crippen LogP contribution in [0.5, 0.6) is 5.88 Å². The fraction of sp³-hybridized carbons (Fsp3) is 0.586. The third-order valence-corrected chi connectivity index (χ3v) is 7.61. The fourth-order valence-corrected chi connectivity index (χ4v) is 5.04. The van der Waals surface area contributed by atoms with E-state index < -0.39 is 12.1 Å². The number of nitrogens with zero attached hydrogens (tertiary/aromatic N) is 4. The Morgan fingerprint density at radius 1 is 1.31 bits per heavy atom. The number of aromatic nitrogens is 2. The first-order valence-electron chi connectivity index (χ1n) is 13.7. The Bertz CT molecular complexity index is 1220. The van der Waals surface area contributed by atoms with Crippen LogP contribution in [0, 0.1) is 37.5 Å². The Hall–Kier alpha value is -3.58. The predicted octanol–water partition coefficient (Wildman–Crippen LogP) is 4.00. The number of carbonyl (C=O) groups is 2. The van der Waals surface area contributed by atoms with E-state index in [2.05, 4.69) is 27.3 Å². The maximum absolute atomic E-state index is 13.6. The molecule has 2 N–H and O–H groups in total. The molecule has 10 nitrogen and oxygen atoms in total. The van der Waals surface area contributed by atoms with Crippen molar-refractivity contribution in [3.8, 4) is 17.7 Å². The number of aliphatic hydroxyl groups is 1. The van der Waals surface area contributed by atoms with E-state index in [0.717, 1.165) is 12.8 Å². The molecule has 1 aliphatic carbocycles. The summed E-state index contributed by atoms with van der Waals surface area (Å²) in [6, 6.07) is 1.00. The number of aryl methyl sites for hydroxylation is 2. The highest BCUT2D eigenvalue weighted by atomic mass is 16.5. The van der Waals surface area contributed by atoms with E-state index >= 15 is 0 Å². The number of hydrogen-bond acceptors (Lipinski definition) is 7. The summed E-state index contributed by atoms with van der Waals surface area (Å²) >= 11 is 0. The van der Waals surface area contributed by atoms with Gasteiger partial charge >= 0.3 is 6.03 Å². The number of aliphatic hydroxyl groups excluding tert-OH is 1. The fourth-order valence-electron chi connectivity index (χ4n) is 5.04. The topological polar surface area (TPSA) is 121 Å². The lowest BCUT2D eigenvalue weighted by atomic mass is 9.90. The zero-order chi connectivity index (χ0) is 28.1.